The second-order valence-electron chi connectivity index (χ2n) is 5.19. The largest absolute Gasteiger partial charge is 0.222 e. The molecule has 0 radical (unpaired) electrons. The Morgan fingerprint density at radius 3 is 3.22 bits per heavy atom. The highest BCUT2D eigenvalue weighted by molar-refractivity contribution is 7.19. The topological polar surface area (TPSA) is 43.1 Å². The van der Waals surface area contributed by atoms with Gasteiger partial charge in [0.2, 0.25) is 0 Å². The molecule has 4 rings (SSSR count). The molecular formula is C13H14N4S. The van der Waals surface area contributed by atoms with Gasteiger partial charge in [0.25, 0.3) is 0 Å². The highest BCUT2D eigenvalue weighted by atomic mass is 32.1. The van der Waals surface area contributed by atoms with Gasteiger partial charge in [-0.2, -0.15) is 9.61 Å². The van der Waals surface area contributed by atoms with Crippen LogP contribution in [0.5, 0.6) is 0 Å². The molecule has 0 spiro atoms. The van der Waals surface area contributed by atoms with E-state index in [0.29, 0.717) is 0 Å². The highest BCUT2D eigenvalue weighted by Gasteiger charge is 2.23. The second kappa shape index (κ2) is 3.51. The molecule has 0 fully saturated rings. The Morgan fingerprint density at radius 1 is 1.44 bits per heavy atom. The first kappa shape index (κ1) is 10.4. The summed E-state index contributed by atoms with van der Waals surface area (Å²) in [5.74, 6) is 1.68. The van der Waals surface area contributed by atoms with Crippen molar-refractivity contribution in [3.8, 4) is 0 Å². The molecule has 5 heteroatoms. The minimum absolute atomic E-state index is 0.763. The van der Waals surface area contributed by atoms with E-state index in [1.54, 1.807) is 6.33 Å². The first-order valence-corrected chi connectivity index (χ1v) is 7.16. The average Bonchev–Trinajstić information content (AvgIpc) is 2.92. The van der Waals surface area contributed by atoms with Crippen molar-refractivity contribution in [1.82, 2.24) is 19.6 Å². The Balaban J connectivity index is 2.16. The third-order valence-electron chi connectivity index (χ3n) is 3.83. The SMILES string of the molecule is Cc1nc2sc3c(c2c2ncnn12)C[C@@H](C)CC3. The summed E-state index contributed by atoms with van der Waals surface area (Å²) >= 11 is 1.84. The lowest BCUT2D eigenvalue weighted by molar-refractivity contribution is 0.508. The zero-order chi connectivity index (χ0) is 12.3. The third-order valence-corrected chi connectivity index (χ3v) is 5.02. The Labute approximate surface area is 109 Å². The summed E-state index contributed by atoms with van der Waals surface area (Å²) in [6.07, 6.45) is 5.26. The molecule has 4 nitrogen and oxygen atoms in total. The molecule has 0 saturated heterocycles. The molecule has 92 valence electrons. The van der Waals surface area contributed by atoms with E-state index in [1.165, 1.54) is 28.7 Å². The van der Waals surface area contributed by atoms with Crippen molar-refractivity contribution in [3.63, 3.8) is 0 Å². The summed E-state index contributed by atoms with van der Waals surface area (Å²) in [7, 11) is 0. The van der Waals surface area contributed by atoms with Crippen LogP contribution in [0.4, 0.5) is 0 Å². The molecule has 0 N–H and O–H groups in total. The van der Waals surface area contributed by atoms with Gasteiger partial charge in [-0.1, -0.05) is 6.92 Å². The summed E-state index contributed by atoms with van der Waals surface area (Å²) in [6.45, 7) is 4.32. The quantitative estimate of drug-likeness (QED) is 0.622. The lowest BCUT2D eigenvalue weighted by atomic mass is 9.89. The second-order valence-corrected chi connectivity index (χ2v) is 6.27. The van der Waals surface area contributed by atoms with Crippen LogP contribution in [0.1, 0.15) is 29.6 Å². The first-order chi connectivity index (χ1) is 8.74. The van der Waals surface area contributed by atoms with E-state index in [0.717, 1.165) is 28.6 Å². The third kappa shape index (κ3) is 1.28. The summed E-state index contributed by atoms with van der Waals surface area (Å²) in [6, 6.07) is 0. The van der Waals surface area contributed by atoms with Crippen molar-refractivity contribution < 1.29 is 0 Å². The van der Waals surface area contributed by atoms with Crippen molar-refractivity contribution in [1.29, 1.82) is 0 Å². The van der Waals surface area contributed by atoms with Gasteiger partial charge in [0, 0.05) is 4.88 Å². The monoisotopic (exact) mass is 258 g/mol. The van der Waals surface area contributed by atoms with Gasteiger partial charge >= 0.3 is 0 Å². The highest BCUT2D eigenvalue weighted by Crippen LogP contribution is 2.38. The van der Waals surface area contributed by atoms with Crippen LogP contribution in [0.25, 0.3) is 15.9 Å². The molecule has 0 bridgehead atoms. The van der Waals surface area contributed by atoms with Crippen LogP contribution in [-0.4, -0.2) is 19.6 Å². The lowest BCUT2D eigenvalue weighted by Gasteiger charge is -2.17. The molecule has 1 atom stereocenters. The van der Waals surface area contributed by atoms with Crippen molar-refractivity contribution in [2.45, 2.75) is 33.1 Å². The molecule has 3 aromatic rings. The molecule has 3 aromatic heterocycles. The van der Waals surface area contributed by atoms with Gasteiger partial charge in [0.15, 0.2) is 5.65 Å². The number of aromatic nitrogens is 4. The van der Waals surface area contributed by atoms with Gasteiger partial charge < -0.3 is 0 Å². The number of nitrogens with zero attached hydrogens (tertiary/aromatic N) is 4. The van der Waals surface area contributed by atoms with Crippen LogP contribution in [0, 0.1) is 12.8 Å². The fourth-order valence-corrected chi connectivity index (χ4v) is 4.15. The number of thiophene rings is 1. The molecule has 1 aliphatic rings. The molecule has 0 saturated carbocycles. The maximum absolute atomic E-state index is 4.69. The van der Waals surface area contributed by atoms with E-state index in [-0.39, 0.29) is 0 Å². The van der Waals surface area contributed by atoms with Crippen LogP contribution in [0.3, 0.4) is 0 Å². The number of fused-ring (bicyclic) bond motifs is 5. The van der Waals surface area contributed by atoms with Crippen molar-refractivity contribution >= 4 is 27.2 Å². The van der Waals surface area contributed by atoms with Gasteiger partial charge in [-0.05, 0) is 37.7 Å². The van der Waals surface area contributed by atoms with Crippen LogP contribution >= 0.6 is 11.3 Å². The standard InChI is InChI=1S/C13H14N4S/c1-7-3-4-10-9(5-7)11-12-14-6-15-17(12)8(2)16-13(11)18-10/h6-7H,3-5H2,1-2H3/t7-/m0/s1. The van der Waals surface area contributed by atoms with Crippen LogP contribution in [0.2, 0.25) is 0 Å². The van der Waals surface area contributed by atoms with E-state index in [4.69, 9.17) is 0 Å². The van der Waals surface area contributed by atoms with Crippen LogP contribution < -0.4 is 0 Å². The molecule has 3 heterocycles. The predicted octanol–water partition coefficient (Wildman–Crippen LogP) is 2.77. The maximum Gasteiger partial charge on any atom is 0.167 e. The Morgan fingerprint density at radius 2 is 2.33 bits per heavy atom. The van der Waals surface area contributed by atoms with E-state index in [1.807, 2.05) is 22.8 Å². The predicted molar refractivity (Wildman–Crippen MR) is 72.1 cm³/mol. The average molecular weight is 258 g/mol. The molecule has 0 unspecified atom stereocenters. The van der Waals surface area contributed by atoms with Crippen LogP contribution in [0.15, 0.2) is 6.33 Å². The Hall–Kier alpha value is -1.49. The fourth-order valence-electron chi connectivity index (χ4n) is 2.90. The summed E-state index contributed by atoms with van der Waals surface area (Å²) in [5.41, 5.74) is 2.45. The van der Waals surface area contributed by atoms with Crippen molar-refractivity contribution in [3.05, 3.63) is 22.6 Å². The molecule has 1 aliphatic carbocycles. The minimum Gasteiger partial charge on any atom is -0.222 e. The summed E-state index contributed by atoms with van der Waals surface area (Å²) < 4.78 is 1.86. The number of aryl methyl sites for hydroxylation is 2. The Kier molecular flexibility index (Phi) is 2.03. The fraction of sp³-hybridized carbons (Fsp3) is 0.462. The summed E-state index contributed by atoms with van der Waals surface area (Å²) in [5, 5.41) is 5.50. The van der Waals surface area contributed by atoms with Crippen molar-refractivity contribution in [2.75, 3.05) is 0 Å². The van der Waals surface area contributed by atoms with E-state index in [2.05, 4.69) is 22.0 Å². The molecule has 0 amide bonds. The molecular weight excluding hydrogens is 244 g/mol. The summed E-state index contributed by atoms with van der Waals surface area (Å²) in [4.78, 5) is 11.8. The zero-order valence-corrected chi connectivity index (χ0v) is 11.3. The van der Waals surface area contributed by atoms with Gasteiger partial charge in [0.1, 0.15) is 17.0 Å². The van der Waals surface area contributed by atoms with E-state index >= 15 is 0 Å². The van der Waals surface area contributed by atoms with Gasteiger partial charge in [-0.25, -0.2) is 9.97 Å². The van der Waals surface area contributed by atoms with Crippen molar-refractivity contribution in [2.24, 2.45) is 5.92 Å². The van der Waals surface area contributed by atoms with Gasteiger partial charge in [0.05, 0.1) is 5.39 Å². The maximum atomic E-state index is 4.69. The van der Waals surface area contributed by atoms with Gasteiger partial charge in [-0.3, -0.25) is 0 Å². The number of hydrogen-bond donors (Lipinski definition) is 0. The molecule has 18 heavy (non-hydrogen) atoms. The van der Waals surface area contributed by atoms with E-state index < -0.39 is 0 Å². The normalized spacial score (nSPS) is 19.6. The smallest absolute Gasteiger partial charge is 0.167 e. The number of rotatable bonds is 0. The van der Waals surface area contributed by atoms with Gasteiger partial charge in [-0.15, -0.1) is 11.3 Å². The van der Waals surface area contributed by atoms with Crippen LogP contribution in [-0.2, 0) is 12.8 Å². The number of hydrogen-bond acceptors (Lipinski definition) is 4. The first-order valence-electron chi connectivity index (χ1n) is 6.34. The minimum atomic E-state index is 0.763. The molecule has 0 aliphatic heterocycles. The Bertz CT molecular complexity index is 755. The zero-order valence-electron chi connectivity index (χ0n) is 10.5. The molecule has 0 aromatic carbocycles. The lowest BCUT2D eigenvalue weighted by Crippen LogP contribution is -2.09. The van der Waals surface area contributed by atoms with E-state index in [9.17, 15) is 0 Å².